The first-order valence-electron chi connectivity index (χ1n) is 7.79. The van der Waals surface area contributed by atoms with Gasteiger partial charge in [-0.05, 0) is 17.7 Å². The van der Waals surface area contributed by atoms with E-state index in [9.17, 15) is 9.90 Å². The molecule has 0 unspecified atom stereocenters. The molecule has 0 bridgehead atoms. The molecule has 1 heterocycles. The van der Waals surface area contributed by atoms with Crippen molar-refractivity contribution in [3.8, 4) is 17.1 Å². The Morgan fingerprint density at radius 1 is 1.20 bits per heavy atom. The minimum atomic E-state index is -0.656. The van der Waals surface area contributed by atoms with Crippen LogP contribution >= 0.6 is 0 Å². The van der Waals surface area contributed by atoms with Crippen LogP contribution in [-0.4, -0.2) is 29.2 Å². The standard InChI is InChI=1S/C19H18N2O4/c1-24-18(23)16(11-13-7-9-15(22)10-8-13)21-19-20-12-17(25-19)14-5-3-2-4-6-14/h2-10,12,16,22H,11H2,1H3,(H,20,21)/t16-/m0/s1. The van der Waals surface area contributed by atoms with Crippen molar-refractivity contribution in [2.24, 2.45) is 0 Å². The van der Waals surface area contributed by atoms with Crippen LogP contribution in [0.5, 0.6) is 5.75 Å². The van der Waals surface area contributed by atoms with Gasteiger partial charge in [0.1, 0.15) is 11.8 Å². The molecule has 2 aromatic carbocycles. The smallest absolute Gasteiger partial charge is 0.328 e. The SMILES string of the molecule is COC(=O)[C@H](Cc1ccc(O)cc1)Nc1ncc(-c2ccccc2)o1. The maximum Gasteiger partial charge on any atom is 0.328 e. The van der Waals surface area contributed by atoms with Gasteiger partial charge in [0.25, 0.3) is 6.01 Å². The van der Waals surface area contributed by atoms with E-state index in [1.54, 1.807) is 30.5 Å². The summed E-state index contributed by atoms with van der Waals surface area (Å²) in [4.78, 5) is 16.2. The number of hydrogen-bond acceptors (Lipinski definition) is 6. The van der Waals surface area contributed by atoms with Crippen LogP contribution in [-0.2, 0) is 16.0 Å². The lowest BCUT2D eigenvalue weighted by atomic mass is 10.1. The number of nitrogens with one attached hydrogen (secondary N) is 1. The van der Waals surface area contributed by atoms with Gasteiger partial charge in [0, 0.05) is 12.0 Å². The summed E-state index contributed by atoms with van der Waals surface area (Å²) < 4.78 is 10.5. The maximum atomic E-state index is 12.1. The van der Waals surface area contributed by atoms with Crippen LogP contribution in [0.25, 0.3) is 11.3 Å². The largest absolute Gasteiger partial charge is 0.508 e. The van der Waals surface area contributed by atoms with E-state index in [1.807, 2.05) is 30.3 Å². The second kappa shape index (κ2) is 7.53. The predicted molar refractivity (Wildman–Crippen MR) is 93.2 cm³/mol. The highest BCUT2D eigenvalue weighted by Gasteiger charge is 2.22. The Morgan fingerprint density at radius 2 is 1.92 bits per heavy atom. The summed E-state index contributed by atoms with van der Waals surface area (Å²) >= 11 is 0. The molecule has 128 valence electrons. The number of carbonyl (C=O) groups excluding carboxylic acids is 1. The van der Waals surface area contributed by atoms with Gasteiger partial charge in [-0.25, -0.2) is 9.78 Å². The van der Waals surface area contributed by atoms with Gasteiger partial charge in [0.05, 0.1) is 13.3 Å². The summed E-state index contributed by atoms with van der Waals surface area (Å²) in [6.07, 6.45) is 1.97. The summed E-state index contributed by atoms with van der Waals surface area (Å²) in [5, 5.41) is 12.3. The lowest BCUT2D eigenvalue weighted by Crippen LogP contribution is -2.32. The second-order valence-corrected chi connectivity index (χ2v) is 5.49. The van der Waals surface area contributed by atoms with E-state index in [4.69, 9.17) is 9.15 Å². The molecule has 2 N–H and O–H groups in total. The Balaban J connectivity index is 1.75. The van der Waals surface area contributed by atoms with E-state index >= 15 is 0 Å². The third-order valence-corrected chi connectivity index (χ3v) is 3.72. The van der Waals surface area contributed by atoms with Gasteiger partial charge in [-0.15, -0.1) is 0 Å². The molecule has 0 aliphatic rings. The summed E-state index contributed by atoms with van der Waals surface area (Å²) in [6, 6.07) is 15.8. The van der Waals surface area contributed by atoms with E-state index in [-0.39, 0.29) is 11.8 Å². The average molecular weight is 338 g/mol. The Hall–Kier alpha value is -3.28. The fourth-order valence-electron chi connectivity index (χ4n) is 2.43. The third kappa shape index (κ3) is 4.17. The number of phenolic OH excluding ortho intramolecular Hbond substituents is 1. The summed E-state index contributed by atoms with van der Waals surface area (Å²) in [5.74, 6) is 0.357. The van der Waals surface area contributed by atoms with E-state index in [1.165, 1.54) is 7.11 Å². The normalized spacial score (nSPS) is 11.7. The van der Waals surface area contributed by atoms with Crippen molar-refractivity contribution in [2.45, 2.75) is 12.5 Å². The van der Waals surface area contributed by atoms with Crippen LogP contribution in [0.4, 0.5) is 6.01 Å². The number of aromatic hydroxyl groups is 1. The lowest BCUT2D eigenvalue weighted by Gasteiger charge is -2.15. The zero-order chi connectivity index (χ0) is 17.6. The molecule has 0 amide bonds. The number of anilines is 1. The molecule has 6 nitrogen and oxygen atoms in total. The first-order valence-corrected chi connectivity index (χ1v) is 7.79. The van der Waals surface area contributed by atoms with E-state index < -0.39 is 12.0 Å². The Morgan fingerprint density at radius 3 is 2.60 bits per heavy atom. The average Bonchev–Trinajstić information content (AvgIpc) is 3.11. The van der Waals surface area contributed by atoms with Crippen LogP contribution in [0, 0.1) is 0 Å². The first-order chi connectivity index (χ1) is 12.2. The van der Waals surface area contributed by atoms with Crippen molar-refractivity contribution >= 4 is 12.0 Å². The van der Waals surface area contributed by atoms with Crippen molar-refractivity contribution in [3.63, 3.8) is 0 Å². The molecule has 25 heavy (non-hydrogen) atoms. The maximum absolute atomic E-state index is 12.1. The summed E-state index contributed by atoms with van der Waals surface area (Å²) in [5.41, 5.74) is 1.77. The molecular formula is C19H18N2O4. The topological polar surface area (TPSA) is 84.6 Å². The highest BCUT2D eigenvalue weighted by atomic mass is 16.5. The number of benzene rings is 2. The van der Waals surface area contributed by atoms with Gasteiger partial charge < -0.3 is 19.6 Å². The second-order valence-electron chi connectivity index (χ2n) is 5.49. The number of esters is 1. The molecule has 6 heteroatoms. The van der Waals surface area contributed by atoms with Crippen molar-refractivity contribution in [1.29, 1.82) is 0 Å². The number of carbonyl (C=O) groups is 1. The summed E-state index contributed by atoms with van der Waals surface area (Å²) in [7, 11) is 1.33. The highest BCUT2D eigenvalue weighted by Crippen LogP contribution is 2.23. The molecule has 0 saturated carbocycles. The monoisotopic (exact) mass is 338 g/mol. The van der Waals surface area contributed by atoms with Crippen LogP contribution in [0.3, 0.4) is 0 Å². The first kappa shape index (κ1) is 16.6. The zero-order valence-electron chi connectivity index (χ0n) is 13.7. The van der Waals surface area contributed by atoms with Gasteiger partial charge in [-0.3, -0.25) is 0 Å². The number of aromatic nitrogens is 1. The molecule has 1 aromatic heterocycles. The Bertz CT molecular complexity index is 828. The van der Waals surface area contributed by atoms with Crippen molar-refractivity contribution in [2.75, 3.05) is 12.4 Å². The third-order valence-electron chi connectivity index (χ3n) is 3.72. The molecule has 3 rings (SSSR count). The molecule has 0 aliphatic heterocycles. The van der Waals surface area contributed by atoms with Crippen molar-refractivity contribution in [1.82, 2.24) is 4.98 Å². The Kier molecular flexibility index (Phi) is 4.99. The number of nitrogens with zero attached hydrogens (tertiary/aromatic N) is 1. The number of phenols is 1. The molecule has 0 radical (unpaired) electrons. The fourth-order valence-corrected chi connectivity index (χ4v) is 2.43. The van der Waals surface area contributed by atoms with E-state index in [2.05, 4.69) is 10.3 Å². The van der Waals surface area contributed by atoms with Gasteiger partial charge in [0.15, 0.2) is 5.76 Å². The van der Waals surface area contributed by atoms with Crippen molar-refractivity contribution in [3.05, 3.63) is 66.4 Å². The lowest BCUT2D eigenvalue weighted by molar-refractivity contribution is -0.141. The Labute approximate surface area is 145 Å². The summed E-state index contributed by atoms with van der Waals surface area (Å²) in [6.45, 7) is 0. The predicted octanol–water partition coefficient (Wildman–Crippen LogP) is 3.24. The molecule has 3 aromatic rings. The van der Waals surface area contributed by atoms with Crippen LogP contribution < -0.4 is 5.32 Å². The number of methoxy groups -OCH3 is 1. The number of ether oxygens (including phenoxy) is 1. The van der Waals surface area contributed by atoms with Crippen LogP contribution in [0.15, 0.2) is 65.2 Å². The molecule has 0 spiro atoms. The molecule has 0 fully saturated rings. The van der Waals surface area contributed by atoms with Crippen LogP contribution in [0.2, 0.25) is 0 Å². The molecular weight excluding hydrogens is 320 g/mol. The number of oxazole rings is 1. The minimum Gasteiger partial charge on any atom is -0.508 e. The van der Waals surface area contributed by atoms with Gasteiger partial charge in [-0.2, -0.15) is 0 Å². The molecule has 0 aliphatic carbocycles. The highest BCUT2D eigenvalue weighted by molar-refractivity contribution is 5.79. The van der Waals surface area contributed by atoms with Crippen LogP contribution in [0.1, 0.15) is 5.56 Å². The van der Waals surface area contributed by atoms with Crippen molar-refractivity contribution < 1.29 is 19.1 Å². The van der Waals surface area contributed by atoms with Gasteiger partial charge in [-0.1, -0.05) is 42.5 Å². The molecule has 0 saturated heterocycles. The van der Waals surface area contributed by atoms with E-state index in [0.29, 0.717) is 12.2 Å². The quantitative estimate of drug-likeness (QED) is 0.671. The fraction of sp³-hybridized carbons (Fsp3) is 0.158. The van der Waals surface area contributed by atoms with E-state index in [0.717, 1.165) is 11.1 Å². The van der Waals surface area contributed by atoms with Gasteiger partial charge in [0.2, 0.25) is 0 Å². The number of rotatable bonds is 6. The zero-order valence-corrected chi connectivity index (χ0v) is 13.7. The minimum absolute atomic E-state index is 0.173. The number of hydrogen-bond donors (Lipinski definition) is 2. The van der Waals surface area contributed by atoms with Gasteiger partial charge >= 0.3 is 5.97 Å². The molecule has 1 atom stereocenters.